The second-order valence-corrected chi connectivity index (χ2v) is 5.61. The Bertz CT molecular complexity index is 165. The molecule has 13 heavy (non-hydrogen) atoms. The van der Waals surface area contributed by atoms with Crippen molar-refractivity contribution in [2.24, 2.45) is 23.5 Å². The van der Waals surface area contributed by atoms with Gasteiger partial charge in [-0.1, -0.05) is 27.7 Å². The van der Waals surface area contributed by atoms with Gasteiger partial charge in [-0.05, 0) is 43.4 Å². The monoisotopic (exact) mass is 183 g/mol. The van der Waals surface area contributed by atoms with Crippen molar-refractivity contribution in [1.82, 2.24) is 0 Å². The molecule has 1 heteroatoms. The van der Waals surface area contributed by atoms with Crippen LogP contribution in [0.2, 0.25) is 0 Å². The average molecular weight is 183 g/mol. The zero-order chi connectivity index (χ0) is 10.1. The highest BCUT2D eigenvalue weighted by Crippen LogP contribution is 2.38. The number of hydrogen-bond acceptors (Lipinski definition) is 1. The Balaban J connectivity index is 2.56. The van der Waals surface area contributed by atoms with E-state index in [1.54, 1.807) is 0 Å². The van der Waals surface area contributed by atoms with Crippen LogP contribution in [0.5, 0.6) is 0 Å². The number of rotatable bonds is 2. The third kappa shape index (κ3) is 2.70. The molecule has 3 atom stereocenters. The van der Waals surface area contributed by atoms with Gasteiger partial charge in [-0.15, -0.1) is 0 Å². The maximum atomic E-state index is 6.47. The van der Waals surface area contributed by atoms with E-state index in [4.69, 9.17) is 5.73 Å². The van der Waals surface area contributed by atoms with Crippen LogP contribution < -0.4 is 5.73 Å². The summed E-state index contributed by atoms with van der Waals surface area (Å²) in [5.74, 6) is 2.33. The van der Waals surface area contributed by atoms with Gasteiger partial charge in [0, 0.05) is 5.54 Å². The lowest BCUT2D eigenvalue weighted by molar-refractivity contribution is 0.139. The van der Waals surface area contributed by atoms with Gasteiger partial charge in [0.25, 0.3) is 0 Å². The Kier molecular flexibility index (Phi) is 3.39. The van der Waals surface area contributed by atoms with Crippen LogP contribution in [-0.4, -0.2) is 5.54 Å². The lowest BCUT2D eigenvalue weighted by Gasteiger charge is -2.43. The fourth-order valence-corrected chi connectivity index (χ4v) is 2.78. The molecule has 0 heterocycles. The summed E-state index contributed by atoms with van der Waals surface area (Å²) in [6, 6.07) is 0. The second-order valence-electron chi connectivity index (χ2n) is 5.61. The summed E-state index contributed by atoms with van der Waals surface area (Å²) >= 11 is 0. The highest BCUT2D eigenvalue weighted by atomic mass is 14.8. The highest BCUT2D eigenvalue weighted by Gasteiger charge is 2.36. The van der Waals surface area contributed by atoms with E-state index in [9.17, 15) is 0 Å². The van der Waals surface area contributed by atoms with E-state index in [1.165, 1.54) is 25.7 Å². The minimum Gasteiger partial charge on any atom is -0.325 e. The molecule has 1 saturated carbocycles. The molecular formula is C12H25N. The summed E-state index contributed by atoms with van der Waals surface area (Å²) in [5, 5.41) is 0. The third-order valence-electron chi connectivity index (χ3n) is 3.63. The minimum atomic E-state index is 0.140. The standard InChI is InChI=1S/C12H25N/c1-9(2)8-12(13)6-5-10(3)7-11(12)4/h9-11H,5-8,13H2,1-4H3. The summed E-state index contributed by atoms with van der Waals surface area (Å²) in [7, 11) is 0. The van der Waals surface area contributed by atoms with Crippen molar-refractivity contribution in [1.29, 1.82) is 0 Å². The molecular weight excluding hydrogens is 158 g/mol. The fourth-order valence-electron chi connectivity index (χ4n) is 2.78. The van der Waals surface area contributed by atoms with Crippen molar-refractivity contribution in [3.63, 3.8) is 0 Å². The van der Waals surface area contributed by atoms with Crippen molar-refractivity contribution in [3.05, 3.63) is 0 Å². The smallest absolute Gasteiger partial charge is 0.0182 e. The fraction of sp³-hybridized carbons (Fsp3) is 1.00. The summed E-state index contributed by atoms with van der Waals surface area (Å²) in [6.45, 7) is 9.24. The van der Waals surface area contributed by atoms with Crippen molar-refractivity contribution in [3.8, 4) is 0 Å². The van der Waals surface area contributed by atoms with Crippen LogP contribution in [0.1, 0.15) is 53.4 Å². The highest BCUT2D eigenvalue weighted by molar-refractivity contribution is 4.94. The van der Waals surface area contributed by atoms with E-state index in [2.05, 4.69) is 27.7 Å². The first-order valence-electron chi connectivity index (χ1n) is 5.73. The number of hydrogen-bond donors (Lipinski definition) is 1. The quantitative estimate of drug-likeness (QED) is 0.699. The molecule has 1 aliphatic rings. The van der Waals surface area contributed by atoms with Gasteiger partial charge >= 0.3 is 0 Å². The molecule has 1 nitrogen and oxygen atoms in total. The first kappa shape index (κ1) is 11.0. The van der Waals surface area contributed by atoms with Crippen LogP contribution in [0.15, 0.2) is 0 Å². The van der Waals surface area contributed by atoms with Crippen LogP contribution in [0.3, 0.4) is 0 Å². The molecule has 0 saturated heterocycles. The molecule has 78 valence electrons. The summed E-state index contributed by atoms with van der Waals surface area (Å²) in [6.07, 6.45) is 5.07. The maximum Gasteiger partial charge on any atom is 0.0182 e. The van der Waals surface area contributed by atoms with Gasteiger partial charge in [0.2, 0.25) is 0 Å². The van der Waals surface area contributed by atoms with Crippen molar-refractivity contribution in [2.75, 3.05) is 0 Å². The van der Waals surface area contributed by atoms with Crippen LogP contribution in [-0.2, 0) is 0 Å². The lowest BCUT2D eigenvalue weighted by atomic mass is 9.67. The third-order valence-corrected chi connectivity index (χ3v) is 3.63. The van der Waals surface area contributed by atoms with Gasteiger partial charge < -0.3 is 5.73 Å². The Morgan fingerprint density at radius 2 is 2.00 bits per heavy atom. The predicted molar refractivity (Wildman–Crippen MR) is 58.6 cm³/mol. The molecule has 1 fully saturated rings. The molecule has 0 radical (unpaired) electrons. The normalized spacial score (nSPS) is 41.1. The van der Waals surface area contributed by atoms with Crippen molar-refractivity contribution >= 4 is 0 Å². The molecule has 0 aliphatic heterocycles. The largest absolute Gasteiger partial charge is 0.325 e. The van der Waals surface area contributed by atoms with Crippen LogP contribution in [0.25, 0.3) is 0 Å². The zero-order valence-corrected chi connectivity index (χ0v) is 9.64. The summed E-state index contributed by atoms with van der Waals surface area (Å²) < 4.78 is 0. The van der Waals surface area contributed by atoms with Gasteiger partial charge in [0.1, 0.15) is 0 Å². The average Bonchev–Trinajstić information content (AvgIpc) is 1.97. The molecule has 0 aromatic heterocycles. The van der Waals surface area contributed by atoms with E-state index in [-0.39, 0.29) is 5.54 Å². The van der Waals surface area contributed by atoms with Crippen LogP contribution in [0, 0.1) is 17.8 Å². The van der Waals surface area contributed by atoms with E-state index < -0.39 is 0 Å². The predicted octanol–water partition coefficient (Wildman–Crippen LogP) is 3.19. The van der Waals surface area contributed by atoms with E-state index in [0.29, 0.717) is 5.92 Å². The Hall–Kier alpha value is -0.0400. The molecule has 3 unspecified atom stereocenters. The van der Waals surface area contributed by atoms with Crippen molar-refractivity contribution < 1.29 is 0 Å². The Morgan fingerprint density at radius 3 is 2.46 bits per heavy atom. The minimum absolute atomic E-state index is 0.140. The van der Waals surface area contributed by atoms with E-state index >= 15 is 0 Å². The molecule has 0 amide bonds. The molecule has 0 aromatic rings. The molecule has 0 spiro atoms. The van der Waals surface area contributed by atoms with Crippen molar-refractivity contribution in [2.45, 2.75) is 58.9 Å². The van der Waals surface area contributed by atoms with Crippen LogP contribution >= 0.6 is 0 Å². The summed E-state index contributed by atoms with van der Waals surface area (Å²) in [5.41, 5.74) is 6.61. The van der Waals surface area contributed by atoms with E-state index in [0.717, 1.165) is 11.8 Å². The molecule has 1 rings (SSSR count). The van der Waals surface area contributed by atoms with E-state index in [1.807, 2.05) is 0 Å². The number of nitrogens with two attached hydrogens (primary N) is 1. The van der Waals surface area contributed by atoms with Gasteiger partial charge in [-0.25, -0.2) is 0 Å². The second kappa shape index (κ2) is 4.00. The Labute approximate surface area is 83.1 Å². The SMILES string of the molecule is CC(C)CC1(N)CCC(C)CC1C. The first-order chi connectivity index (χ1) is 5.94. The molecule has 1 aliphatic carbocycles. The van der Waals surface area contributed by atoms with Gasteiger partial charge in [0.05, 0.1) is 0 Å². The molecule has 0 bridgehead atoms. The molecule has 2 N–H and O–H groups in total. The summed E-state index contributed by atoms with van der Waals surface area (Å²) in [4.78, 5) is 0. The topological polar surface area (TPSA) is 26.0 Å². The van der Waals surface area contributed by atoms with Crippen LogP contribution in [0.4, 0.5) is 0 Å². The lowest BCUT2D eigenvalue weighted by Crippen LogP contribution is -2.50. The first-order valence-corrected chi connectivity index (χ1v) is 5.73. The van der Waals surface area contributed by atoms with Gasteiger partial charge in [-0.3, -0.25) is 0 Å². The maximum absolute atomic E-state index is 6.47. The zero-order valence-electron chi connectivity index (χ0n) is 9.64. The molecule has 0 aromatic carbocycles. The van der Waals surface area contributed by atoms with Gasteiger partial charge in [0.15, 0.2) is 0 Å². The van der Waals surface area contributed by atoms with Gasteiger partial charge in [-0.2, -0.15) is 0 Å². The Morgan fingerprint density at radius 1 is 1.38 bits per heavy atom.